The van der Waals surface area contributed by atoms with E-state index in [0.717, 1.165) is 6.61 Å². The molecule has 2 rings (SSSR count). The average molecular weight is 319 g/mol. The van der Waals surface area contributed by atoms with Gasteiger partial charge in [0.25, 0.3) is 0 Å². The maximum atomic E-state index is 11.9. The monoisotopic (exact) mass is 319 g/mol. The molecule has 23 heavy (non-hydrogen) atoms. The van der Waals surface area contributed by atoms with Gasteiger partial charge in [0.1, 0.15) is 5.69 Å². The highest BCUT2D eigenvalue weighted by molar-refractivity contribution is 5.96. The Hall–Kier alpha value is -2.40. The summed E-state index contributed by atoms with van der Waals surface area (Å²) < 4.78 is 5.97. The quantitative estimate of drug-likeness (QED) is 0.852. The number of nitrogens with zero attached hydrogens (tertiary/aromatic N) is 1. The summed E-state index contributed by atoms with van der Waals surface area (Å²) in [6.45, 7) is 6.82. The second kappa shape index (κ2) is 12.2. The van der Waals surface area contributed by atoms with Crippen molar-refractivity contribution in [2.75, 3.05) is 13.7 Å². The molecule has 0 unspecified atom stereocenters. The molecule has 0 radical (unpaired) electrons. The molecule has 1 aromatic carbocycles. The van der Waals surface area contributed by atoms with Crippen LogP contribution in [0.5, 0.6) is 0 Å². The van der Waals surface area contributed by atoms with Crippen LogP contribution in [0.25, 0.3) is 0 Å². The minimum absolute atomic E-state index is 0.0403. The highest BCUT2D eigenvalue weighted by Crippen LogP contribution is 2.06. The van der Waals surface area contributed by atoms with Crippen LogP contribution in [0.2, 0.25) is 0 Å². The molecule has 1 aromatic heterocycles. The van der Waals surface area contributed by atoms with Crippen molar-refractivity contribution in [1.82, 2.24) is 4.57 Å². The number of methoxy groups -OCH3 is 1. The molecule has 0 fully saturated rings. The van der Waals surface area contributed by atoms with Crippen molar-refractivity contribution >= 4 is 11.8 Å². The second-order valence-electron chi connectivity index (χ2n) is 4.19. The third kappa shape index (κ3) is 7.42. The maximum Gasteiger partial charge on any atom is 0.352 e. The Bertz CT molecular complexity index is 574. The number of aromatic nitrogens is 1. The molecule has 0 amide bonds. The Labute approximate surface area is 137 Å². The third-order valence-electron chi connectivity index (χ3n) is 2.75. The second-order valence-corrected chi connectivity index (χ2v) is 4.19. The standard InChI is InChI=1S/C13H11NO3.C3H8O.C2H6/c15-12(10-5-2-1-3-6-10)9-14-8-4-7-11(14)13(16)17;1-3-4-2;1-2/h1-8H,9H2,(H,16,17);3H2,1-2H3;1-2H3. The van der Waals surface area contributed by atoms with E-state index in [1.165, 1.54) is 10.6 Å². The smallest absolute Gasteiger partial charge is 0.352 e. The summed E-state index contributed by atoms with van der Waals surface area (Å²) in [6.07, 6.45) is 1.59. The van der Waals surface area contributed by atoms with Gasteiger partial charge in [-0.25, -0.2) is 4.79 Å². The summed E-state index contributed by atoms with van der Waals surface area (Å²) >= 11 is 0. The van der Waals surface area contributed by atoms with Crippen LogP contribution in [-0.4, -0.2) is 35.1 Å². The van der Waals surface area contributed by atoms with Crippen LogP contribution in [0.1, 0.15) is 41.6 Å². The van der Waals surface area contributed by atoms with Crippen molar-refractivity contribution in [3.05, 3.63) is 59.9 Å². The lowest BCUT2D eigenvalue weighted by atomic mass is 10.1. The third-order valence-corrected chi connectivity index (χ3v) is 2.75. The predicted molar refractivity (Wildman–Crippen MR) is 91.1 cm³/mol. The van der Waals surface area contributed by atoms with Gasteiger partial charge in [0.05, 0.1) is 6.54 Å². The van der Waals surface area contributed by atoms with Crippen molar-refractivity contribution in [2.24, 2.45) is 0 Å². The van der Waals surface area contributed by atoms with E-state index in [2.05, 4.69) is 4.74 Å². The molecule has 5 nitrogen and oxygen atoms in total. The highest BCUT2D eigenvalue weighted by atomic mass is 16.5. The fraction of sp³-hybridized carbons (Fsp3) is 0.333. The van der Waals surface area contributed by atoms with E-state index >= 15 is 0 Å². The minimum atomic E-state index is -1.03. The van der Waals surface area contributed by atoms with Gasteiger partial charge < -0.3 is 14.4 Å². The number of ketones is 1. The molecule has 0 saturated carbocycles. The summed E-state index contributed by atoms with van der Waals surface area (Å²) in [6, 6.07) is 11.9. The zero-order valence-electron chi connectivity index (χ0n) is 14.2. The Kier molecular flexibility index (Phi) is 10.9. The lowest BCUT2D eigenvalue weighted by Gasteiger charge is -2.05. The van der Waals surface area contributed by atoms with Crippen molar-refractivity contribution in [2.45, 2.75) is 27.3 Å². The van der Waals surface area contributed by atoms with Gasteiger partial charge in [-0.2, -0.15) is 0 Å². The number of carbonyl (C=O) groups excluding carboxylic acids is 1. The molecule has 0 aliphatic rings. The molecule has 0 bridgehead atoms. The lowest BCUT2D eigenvalue weighted by Crippen LogP contribution is -2.14. The Morgan fingerprint density at radius 1 is 1.09 bits per heavy atom. The van der Waals surface area contributed by atoms with Gasteiger partial charge >= 0.3 is 5.97 Å². The van der Waals surface area contributed by atoms with Gasteiger partial charge in [0.15, 0.2) is 5.78 Å². The number of Topliss-reactive ketones (excluding diaryl/α,β-unsaturated/α-hetero) is 1. The molecule has 5 heteroatoms. The summed E-state index contributed by atoms with van der Waals surface area (Å²) in [5, 5.41) is 8.91. The normalized spacial score (nSPS) is 9.04. The van der Waals surface area contributed by atoms with Crippen LogP contribution in [-0.2, 0) is 11.3 Å². The first-order valence-corrected chi connectivity index (χ1v) is 7.55. The molecule has 126 valence electrons. The van der Waals surface area contributed by atoms with Crippen molar-refractivity contribution in [3.63, 3.8) is 0 Å². The topological polar surface area (TPSA) is 68.5 Å². The van der Waals surface area contributed by atoms with Crippen LogP contribution in [0.3, 0.4) is 0 Å². The van der Waals surface area contributed by atoms with Gasteiger partial charge in [-0.15, -0.1) is 0 Å². The predicted octanol–water partition coefficient (Wildman–Crippen LogP) is 3.75. The van der Waals surface area contributed by atoms with E-state index in [1.807, 2.05) is 26.8 Å². The van der Waals surface area contributed by atoms with Crippen molar-refractivity contribution in [1.29, 1.82) is 0 Å². The Morgan fingerprint density at radius 2 is 1.65 bits per heavy atom. The van der Waals surface area contributed by atoms with E-state index in [1.54, 1.807) is 43.6 Å². The number of hydrogen-bond acceptors (Lipinski definition) is 3. The van der Waals surface area contributed by atoms with E-state index in [0.29, 0.717) is 5.56 Å². The summed E-state index contributed by atoms with van der Waals surface area (Å²) in [4.78, 5) is 22.7. The number of carbonyl (C=O) groups is 2. The molecule has 2 aromatic rings. The first-order chi connectivity index (χ1) is 11.1. The fourth-order valence-electron chi connectivity index (χ4n) is 1.62. The van der Waals surface area contributed by atoms with Crippen LogP contribution in [0.4, 0.5) is 0 Å². The molecule has 0 saturated heterocycles. The SMILES string of the molecule is CC.CCOC.O=C(Cn1cccc1C(=O)O)c1ccccc1. The van der Waals surface area contributed by atoms with Gasteiger partial charge in [-0.1, -0.05) is 44.2 Å². The molecular formula is C18H25NO4. The first kappa shape index (κ1) is 20.6. The maximum absolute atomic E-state index is 11.9. The number of rotatable bonds is 5. The van der Waals surface area contributed by atoms with Crippen LogP contribution >= 0.6 is 0 Å². The van der Waals surface area contributed by atoms with E-state index < -0.39 is 5.97 Å². The van der Waals surface area contributed by atoms with Gasteiger partial charge in [-0.05, 0) is 19.1 Å². The minimum Gasteiger partial charge on any atom is -0.477 e. The summed E-state index contributed by atoms with van der Waals surface area (Å²) in [7, 11) is 1.68. The molecule has 0 spiro atoms. The molecule has 1 heterocycles. The van der Waals surface area contributed by atoms with E-state index in [-0.39, 0.29) is 18.0 Å². The lowest BCUT2D eigenvalue weighted by molar-refractivity contribution is 0.0685. The Morgan fingerprint density at radius 3 is 2.13 bits per heavy atom. The van der Waals surface area contributed by atoms with E-state index in [4.69, 9.17) is 5.11 Å². The molecular weight excluding hydrogens is 294 g/mol. The number of benzene rings is 1. The van der Waals surface area contributed by atoms with E-state index in [9.17, 15) is 9.59 Å². The number of carboxylic acids is 1. The molecule has 0 aliphatic heterocycles. The van der Waals surface area contributed by atoms with Crippen LogP contribution in [0, 0.1) is 0 Å². The summed E-state index contributed by atoms with van der Waals surface area (Å²) in [5.74, 6) is -1.14. The molecule has 0 aliphatic carbocycles. The number of aromatic carboxylic acids is 1. The molecule has 0 atom stereocenters. The Balaban J connectivity index is 0.000000705. The van der Waals surface area contributed by atoms with Gasteiger partial charge in [0.2, 0.25) is 0 Å². The highest BCUT2D eigenvalue weighted by Gasteiger charge is 2.12. The average Bonchev–Trinajstić information content (AvgIpc) is 3.06. The fourth-order valence-corrected chi connectivity index (χ4v) is 1.62. The van der Waals surface area contributed by atoms with Crippen LogP contribution < -0.4 is 0 Å². The van der Waals surface area contributed by atoms with Crippen molar-refractivity contribution in [3.8, 4) is 0 Å². The van der Waals surface area contributed by atoms with Crippen molar-refractivity contribution < 1.29 is 19.4 Å². The summed E-state index contributed by atoms with van der Waals surface area (Å²) in [5.41, 5.74) is 0.701. The number of hydrogen-bond donors (Lipinski definition) is 1. The zero-order valence-corrected chi connectivity index (χ0v) is 14.2. The zero-order chi connectivity index (χ0) is 17.7. The number of carboxylic acid groups (broad SMARTS) is 1. The van der Waals surface area contributed by atoms with Crippen LogP contribution in [0.15, 0.2) is 48.7 Å². The van der Waals surface area contributed by atoms with Gasteiger partial charge in [0, 0.05) is 25.5 Å². The first-order valence-electron chi connectivity index (χ1n) is 7.55. The molecule has 1 N–H and O–H groups in total. The van der Waals surface area contributed by atoms with Gasteiger partial charge in [-0.3, -0.25) is 4.79 Å². The number of ether oxygens (including phenoxy) is 1. The largest absolute Gasteiger partial charge is 0.477 e.